The molecule has 0 amide bonds. The van der Waals surface area contributed by atoms with Gasteiger partial charge in [-0.15, -0.1) is 0 Å². The largest absolute Gasteiger partial charge is 0.383 e. The lowest BCUT2D eigenvalue weighted by atomic mass is 9.95. The minimum absolute atomic E-state index is 0.308. The first-order valence-corrected chi connectivity index (χ1v) is 11.8. The van der Waals surface area contributed by atoms with Crippen LogP contribution in [0.4, 0.5) is 0 Å². The Balaban J connectivity index is 2.04. The van der Waals surface area contributed by atoms with Crippen LogP contribution in [0, 0.1) is 13.8 Å². The molecule has 2 rings (SSSR count). The Hall–Kier alpha value is -1.41. The summed E-state index contributed by atoms with van der Waals surface area (Å²) in [5.74, 6) is 1.58. The van der Waals surface area contributed by atoms with E-state index in [0.717, 1.165) is 61.9 Å². The Morgan fingerprint density at radius 3 is 2.82 bits per heavy atom. The highest BCUT2D eigenvalue weighted by Gasteiger charge is 2.26. The Kier molecular flexibility index (Phi) is 9.44. The van der Waals surface area contributed by atoms with Gasteiger partial charge in [0.2, 0.25) is 0 Å². The Morgan fingerprint density at radius 1 is 1.36 bits per heavy atom. The summed E-state index contributed by atoms with van der Waals surface area (Å²) in [6.07, 6.45) is 4.26. The van der Waals surface area contributed by atoms with Crippen molar-refractivity contribution < 1.29 is 8.95 Å². The molecule has 28 heavy (non-hydrogen) atoms. The van der Waals surface area contributed by atoms with Gasteiger partial charge >= 0.3 is 0 Å². The number of methoxy groups -OCH3 is 1. The van der Waals surface area contributed by atoms with E-state index in [0.29, 0.717) is 24.4 Å². The summed E-state index contributed by atoms with van der Waals surface area (Å²) in [4.78, 5) is 4.82. The Labute approximate surface area is 172 Å². The minimum atomic E-state index is -0.714. The molecule has 1 aliphatic rings. The molecule has 1 heterocycles. The third-order valence-corrected chi connectivity index (χ3v) is 7.14. The topological polar surface area (TPSA) is 80.5 Å². The van der Waals surface area contributed by atoms with E-state index in [2.05, 4.69) is 29.6 Å². The zero-order valence-corrected chi connectivity index (χ0v) is 18.9. The van der Waals surface area contributed by atoms with Crippen molar-refractivity contribution in [2.75, 3.05) is 26.0 Å². The van der Waals surface area contributed by atoms with E-state index in [-0.39, 0.29) is 0 Å². The predicted molar refractivity (Wildman–Crippen MR) is 116 cm³/mol. The standard InChI is InChI=1S/C20H37N5O2S/c1-6-21-20(23-17-9-8-10-18(13-17)28(26)7-2)22-14-19-15(3)24-25(16(19)4)11-12-27-5/h17-18H,6-14H2,1-5H3,(H2,21,22,23). The number of aromatic nitrogens is 2. The molecule has 0 spiro atoms. The van der Waals surface area contributed by atoms with E-state index in [1.54, 1.807) is 7.11 Å². The number of nitrogens with one attached hydrogen (secondary N) is 2. The van der Waals surface area contributed by atoms with Crippen molar-refractivity contribution >= 4 is 16.8 Å². The quantitative estimate of drug-likeness (QED) is 0.481. The van der Waals surface area contributed by atoms with Crippen LogP contribution < -0.4 is 10.6 Å². The molecule has 160 valence electrons. The number of hydrogen-bond donors (Lipinski definition) is 2. The number of nitrogens with zero attached hydrogens (tertiary/aromatic N) is 3. The van der Waals surface area contributed by atoms with Crippen LogP contribution in [0.25, 0.3) is 0 Å². The zero-order chi connectivity index (χ0) is 20.5. The lowest BCUT2D eigenvalue weighted by Crippen LogP contribution is -2.46. The molecule has 2 N–H and O–H groups in total. The summed E-state index contributed by atoms with van der Waals surface area (Å²) in [6, 6.07) is 0.332. The highest BCUT2D eigenvalue weighted by Crippen LogP contribution is 2.23. The number of rotatable bonds is 9. The SMILES string of the molecule is CCNC(=NCc1c(C)nn(CCOC)c1C)NC1CCCC(S(=O)CC)C1. The van der Waals surface area contributed by atoms with E-state index in [1.807, 2.05) is 18.5 Å². The smallest absolute Gasteiger partial charge is 0.191 e. The molecule has 1 aliphatic carbocycles. The number of guanidine groups is 1. The van der Waals surface area contributed by atoms with E-state index in [9.17, 15) is 4.21 Å². The third-order valence-electron chi connectivity index (χ3n) is 5.40. The first-order chi connectivity index (χ1) is 13.5. The first kappa shape index (κ1) is 22.9. The van der Waals surface area contributed by atoms with Crippen molar-refractivity contribution in [3.63, 3.8) is 0 Å². The molecule has 0 bridgehead atoms. The van der Waals surface area contributed by atoms with Gasteiger partial charge in [-0.05, 0) is 40.0 Å². The normalized spacial score (nSPS) is 21.5. The molecular formula is C20H37N5O2S. The predicted octanol–water partition coefficient (Wildman–Crippen LogP) is 2.28. The van der Waals surface area contributed by atoms with Crippen LogP contribution in [-0.4, -0.2) is 57.3 Å². The van der Waals surface area contributed by atoms with Crippen molar-refractivity contribution in [2.45, 2.75) is 77.8 Å². The second-order valence-corrected chi connectivity index (χ2v) is 9.37. The fraction of sp³-hybridized carbons (Fsp3) is 0.800. The molecule has 1 aromatic heterocycles. The maximum atomic E-state index is 12.2. The van der Waals surface area contributed by atoms with Gasteiger partial charge in [-0.3, -0.25) is 8.89 Å². The van der Waals surface area contributed by atoms with Crippen molar-refractivity contribution in [3.05, 3.63) is 17.0 Å². The summed E-state index contributed by atoms with van der Waals surface area (Å²) in [5, 5.41) is 11.9. The molecule has 1 saturated carbocycles. The van der Waals surface area contributed by atoms with Crippen LogP contribution >= 0.6 is 0 Å². The maximum absolute atomic E-state index is 12.2. The monoisotopic (exact) mass is 411 g/mol. The van der Waals surface area contributed by atoms with Gasteiger partial charge in [0.25, 0.3) is 0 Å². The van der Waals surface area contributed by atoms with E-state index in [1.165, 1.54) is 5.56 Å². The van der Waals surface area contributed by atoms with Gasteiger partial charge in [0, 0.05) is 52.8 Å². The molecule has 3 atom stereocenters. The molecule has 0 radical (unpaired) electrons. The van der Waals surface area contributed by atoms with Crippen LogP contribution in [0.5, 0.6) is 0 Å². The maximum Gasteiger partial charge on any atom is 0.191 e. The van der Waals surface area contributed by atoms with Crippen LogP contribution in [0.3, 0.4) is 0 Å². The molecule has 0 aliphatic heterocycles. The molecule has 1 aromatic rings. The summed E-state index contributed by atoms with van der Waals surface area (Å²) in [7, 11) is 0.991. The number of hydrogen-bond acceptors (Lipinski definition) is 4. The second-order valence-electron chi connectivity index (χ2n) is 7.36. The van der Waals surface area contributed by atoms with Gasteiger partial charge in [0.05, 0.1) is 25.4 Å². The Morgan fingerprint density at radius 2 is 2.14 bits per heavy atom. The minimum Gasteiger partial charge on any atom is -0.383 e. The average molecular weight is 412 g/mol. The third kappa shape index (κ3) is 6.30. The van der Waals surface area contributed by atoms with Crippen LogP contribution in [-0.2, 0) is 28.6 Å². The van der Waals surface area contributed by atoms with Crippen molar-refractivity contribution in [1.82, 2.24) is 20.4 Å². The van der Waals surface area contributed by atoms with Gasteiger partial charge in [-0.25, -0.2) is 4.99 Å². The van der Waals surface area contributed by atoms with Gasteiger partial charge in [-0.2, -0.15) is 5.10 Å². The summed E-state index contributed by atoms with van der Waals surface area (Å²) in [6.45, 7) is 11.0. The van der Waals surface area contributed by atoms with Gasteiger partial charge < -0.3 is 15.4 Å². The first-order valence-electron chi connectivity index (χ1n) is 10.4. The van der Waals surface area contributed by atoms with Crippen LogP contribution in [0.1, 0.15) is 56.5 Å². The van der Waals surface area contributed by atoms with Gasteiger partial charge in [0.1, 0.15) is 0 Å². The summed E-state index contributed by atoms with van der Waals surface area (Å²) < 4.78 is 19.4. The molecule has 1 fully saturated rings. The highest BCUT2D eigenvalue weighted by atomic mass is 32.2. The molecule has 0 aromatic carbocycles. The number of aryl methyl sites for hydroxylation is 1. The molecule has 7 nitrogen and oxygen atoms in total. The second kappa shape index (κ2) is 11.6. The summed E-state index contributed by atoms with van der Waals surface area (Å²) in [5.41, 5.74) is 3.33. The van der Waals surface area contributed by atoms with Crippen LogP contribution in [0.15, 0.2) is 4.99 Å². The molecule has 3 unspecified atom stereocenters. The molecule has 0 saturated heterocycles. The van der Waals surface area contributed by atoms with E-state index >= 15 is 0 Å². The van der Waals surface area contributed by atoms with Crippen molar-refractivity contribution in [2.24, 2.45) is 4.99 Å². The average Bonchev–Trinajstić information content (AvgIpc) is 2.97. The fourth-order valence-corrected chi connectivity index (χ4v) is 5.13. The number of aliphatic imine (C=N–C) groups is 1. The lowest BCUT2D eigenvalue weighted by molar-refractivity contribution is 0.182. The lowest BCUT2D eigenvalue weighted by Gasteiger charge is -2.30. The zero-order valence-electron chi connectivity index (χ0n) is 18.1. The van der Waals surface area contributed by atoms with Crippen molar-refractivity contribution in [3.8, 4) is 0 Å². The summed E-state index contributed by atoms with van der Waals surface area (Å²) >= 11 is 0. The van der Waals surface area contributed by atoms with Crippen molar-refractivity contribution in [1.29, 1.82) is 0 Å². The molecular weight excluding hydrogens is 374 g/mol. The van der Waals surface area contributed by atoms with E-state index < -0.39 is 10.8 Å². The Bertz CT molecular complexity index is 674. The highest BCUT2D eigenvalue weighted by molar-refractivity contribution is 7.85. The van der Waals surface area contributed by atoms with E-state index in [4.69, 9.17) is 9.73 Å². The van der Waals surface area contributed by atoms with Crippen LogP contribution in [0.2, 0.25) is 0 Å². The van der Waals surface area contributed by atoms with Gasteiger partial charge in [-0.1, -0.05) is 13.3 Å². The molecule has 8 heteroatoms. The number of ether oxygens (including phenoxy) is 1. The fourth-order valence-electron chi connectivity index (χ4n) is 3.78. The van der Waals surface area contributed by atoms with Gasteiger partial charge in [0.15, 0.2) is 5.96 Å².